The second kappa shape index (κ2) is 4.59. The van der Waals surface area contributed by atoms with Gasteiger partial charge in [-0.3, -0.25) is 0 Å². The van der Waals surface area contributed by atoms with Gasteiger partial charge in [-0.1, -0.05) is 30.3 Å². The van der Waals surface area contributed by atoms with Gasteiger partial charge >= 0.3 is 0 Å². The Hall–Kier alpha value is -2.14. The Morgan fingerprint density at radius 3 is 2.44 bits per heavy atom. The van der Waals surface area contributed by atoms with Crippen molar-refractivity contribution in [2.24, 2.45) is 0 Å². The van der Waals surface area contributed by atoms with Crippen molar-refractivity contribution in [2.75, 3.05) is 0 Å². The molecule has 2 rings (SSSR count). The molecule has 2 heteroatoms. The summed E-state index contributed by atoms with van der Waals surface area (Å²) >= 11 is 0. The number of hydrogen-bond donors (Lipinski definition) is 0. The molecule has 0 amide bonds. The van der Waals surface area contributed by atoms with E-state index in [1.54, 1.807) is 0 Å². The molecule has 0 saturated heterocycles. The van der Waals surface area contributed by atoms with Crippen LogP contribution in [0.4, 0.5) is 0 Å². The minimum absolute atomic E-state index is 0.178. The quantitative estimate of drug-likeness (QED) is 0.698. The summed E-state index contributed by atoms with van der Waals surface area (Å²) in [4.78, 5) is 0. The fourth-order valence-electron chi connectivity index (χ4n) is 1.78. The summed E-state index contributed by atoms with van der Waals surface area (Å²) in [7, 11) is 0. The first-order valence-electron chi connectivity index (χ1n) is 5.28. The van der Waals surface area contributed by atoms with E-state index in [0.717, 1.165) is 0 Å². The van der Waals surface area contributed by atoms with Crippen LogP contribution in [0.3, 0.4) is 0 Å². The van der Waals surface area contributed by atoms with Crippen LogP contribution < -0.4 is 4.57 Å². The average molecular weight is 209 g/mol. The van der Waals surface area contributed by atoms with Crippen LogP contribution in [0.1, 0.15) is 24.2 Å². The molecule has 0 aliphatic heterocycles. The summed E-state index contributed by atoms with van der Waals surface area (Å²) in [6.45, 7) is 2.09. The molecule has 1 heterocycles. The van der Waals surface area contributed by atoms with E-state index in [1.807, 2.05) is 47.2 Å². The molecule has 0 saturated carbocycles. The van der Waals surface area contributed by atoms with Gasteiger partial charge in [-0.2, -0.15) is 9.83 Å². The van der Waals surface area contributed by atoms with Crippen molar-refractivity contribution in [3.8, 4) is 6.07 Å². The van der Waals surface area contributed by atoms with Gasteiger partial charge in [-0.25, -0.2) is 0 Å². The lowest BCUT2D eigenvalue weighted by Crippen LogP contribution is -2.41. The van der Waals surface area contributed by atoms with Crippen LogP contribution in [-0.2, 0) is 0 Å². The zero-order valence-electron chi connectivity index (χ0n) is 9.17. The van der Waals surface area contributed by atoms with Crippen molar-refractivity contribution in [3.05, 3.63) is 66.0 Å². The predicted molar refractivity (Wildman–Crippen MR) is 61.6 cm³/mol. The molecule has 1 aromatic heterocycles. The molecule has 0 fully saturated rings. The standard InChI is InChI=1S/C14H13N2/c1-12(13-7-3-2-4-8-13)16-10-6-5-9-14(16)11-15/h2-10,12H,1H3/q+1. The molecule has 78 valence electrons. The first-order valence-corrected chi connectivity index (χ1v) is 5.28. The van der Waals surface area contributed by atoms with Gasteiger partial charge in [0.2, 0.25) is 0 Å². The van der Waals surface area contributed by atoms with Gasteiger partial charge in [0.05, 0.1) is 0 Å². The number of rotatable bonds is 2. The fourth-order valence-corrected chi connectivity index (χ4v) is 1.78. The molecule has 0 spiro atoms. The molecule has 0 aliphatic carbocycles. The Bertz CT molecular complexity index is 512. The highest BCUT2D eigenvalue weighted by Crippen LogP contribution is 2.11. The van der Waals surface area contributed by atoms with Crippen molar-refractivity contribution in [2.45, 2.75) is 13.0 Å². The molecule has 0 N–H and O–H groups in total. The van der Waals surface area contributed by atoms with E-state index in [9.17, 15) is 0 Å². The van der Waals surface area contributed by atoms with Crippen LogP contribution in [0.25, 0.3) is 0 Å². The van der Waals surface area contributed by atoms with Gasteiger partial charge in [-0.05, 0) is 6.07 Å². The summed E-state index contributed by atoms with van der Waals surface area (Å²) in [5.41, 5.74) is 1.88. The third kappa shape index (κ3) is 1.94. The van der Waals surface area contributed by atoms with E-state index in [0.29, 0.717) is 5.69 Å². The molecule has 2 aromatic rings. The number of pyridine rings is 1. The van der Waals surface area contributed by atoms with Gasteiger partial charge in [0.25, 0.3) is 5.69 Å². The zero-order valence-corrected chi connectivity index (χ0v) is 9.17. The number of aromatic nitrogens is 1. The van der Waals surface area contributed by atoms with E-state index in [2.05, 4.69) is 25.1 Å². The van der Waals surface area contributed by atoms with Crippen molar-refractivity contribution in [1.82, 2.24) is 0 Å². The zero-order chi connectivity index (χ0) is 11.4. The second-order valence-electron chi connectivity index (χ2n) is 3.69. The number of hydrogen-bond acceptors (Lipinski definition) is 1. The van der Waals surface area contributed by atoms with E-state index in [4.69, 9.17) is 5.26 Å². The Labute approximate surface area is 95.4 Å². The molecule has 0 aliphatic rings. The largest absolute Gasteiger partial charge is 0.283 e. The van der Waals surface area contributed by atoms with Gasteiger partial charge in [0, 0.05) is 24.6 Å². The Balaban J connectivity index is 2.42. The molecule has 1 atom stereocenters. The molecule has 0 bridgehead atoms. The van der Waals surface area contributed by atoms with Crippen LogP contribution >= 0.6 is 0 Å². The monoisotopic (exact) mass is 209 g/mol. The Morgan fingerprint density at radius 1 is 1.06 bits per heavy atom. The maximum Gasteiger partial charge on any atom is 0.283 e. The number of nitrogens with zero attached hydrogens (tertiary/aromatic N) is 2. The normalized spacial score (nSPS) is 11.8. The first kappa shape index (κ1) is 10.4. The molecule has 16 heavy (non-hydrogen) atoms. The van der Waals surface area contributed by atoms with Crippen molar-refractivity contribution >= 4 is 0 Å². The average Bonchev–Trinajstić information content (AvgIpc) is 2.39. The van der Waals surface area contributed by atoms with Crippen LogP contribution in [0.15, 0.2) is 54.7 Å². The highest BCUT2D eigenvalue weighted by atomic mass is 15.0. The molecular formula is C14H13N2+. The van der Waals surface area contributed by atoms with E-state index >= 15 is 0 Å². The fraction of sp³-hybridized carbons (Fsp3) is 0.143. The van der Waals surface area contributed by atoms with E-state index in [1.165, 1.54) is 5.56 Å². The smallest absolute Gasteiger partial charge is 0.186 e. The molecule has 1 unspecified atom stereocenters. The number of nitriles is 1. The molecular weight excluding hydrogens is 196 g/mol. The second-order valence-corrected chi connectivity index (χ2v) is 3.69. The summed E-state index contributed by atoms with van der Waals surface area (Å²) in [5.74, 6) is 0. The van der Waals surface area contributed by atoms with Gasteiger partial charge in [0.1, 0.15) is 0 Å². The third-order valence-electron chi connectivity index (χ3n) is 2.70. The van der Waals surface area contributed by atoms with E-state index < -0.39 is 0 Å². The molecule has 1 aromatic carbocycles. The predicted octanol–water partition coefficient (Wildman–Crippen LogP) is 2.46. The molecule has 2 nitrogen and oxygen atoms in total. The lowest BCUT2D eigenvalue weighted by molar-refractivity contribution is -0.712. The van der Waals surface area contributed by atoms with Crippen molar-refractivity contribution < 1.29 is 4.57 Å². The summed E-state index contributed by atoms with van der Waals surface area (Å²) in [6, 6.07) is 18.2. The Kier molecular flexibility index (Phi) is 2.98. The third-order valence-corrected chi connectivity index (χ3v) is 2.70. The summed E-state index contributed by atoms with van der Waals surface area (Å²) in [6.07, 6.45) is 1.94. The topological polar surface area (TPSA) is 27.7 Å². The maximum atomic E-state index is 9.04. The lowest BCUT2D eigenvalue weighted by atomic mass is 10.1. The van der Waals surface area contributed by atoms with Crippen molar-refractivity contribution in [3.63, 3.8) is 0 Å². The first-order chi connectivity index (χ1) is 7.83. The number of benzene rings is 1. The lowest BCUT2D eigenvalue weighted by Gasteiger charge is -2.07. The van der Waals surface area contributed by atoms with Crippen LogP contribution in [0.5, 0.6) is 0 Å². The van der Waals surface area contributed by atoms with Crippen molar-refractivity contribution in [1.29, 1.82) is 5.26 Å². The Morgan fingerprint density at radius 2 is 1.75 bits per heavy atom. The minimum Gasteiger partial charge on any atom is -0.186 e. The van der Waals surface area contributed by atoms with Crippen LogP contribution in [0.2, 0.25) is 0 Å². The molecule has 0 radical (unpaired) electrons. The summed E-state index contributed by atoms with van der Waals surface area (Å²) in [5, 5.41) is 9.04. The van der Waals surface area contributed by atoms with E-state index in [-0.39, 0.29) is 6.04 Å². The van der Waals surface area contributed by atoms with Gasteiger partial charge < -0.3 is 0 Å². The summed E-state index contributed by atoms with van der Waals surface area (Å²) < 4.78 is 1.98. The highest BCUT2D eigenvalue weighted by Gasteiger charge is 2.18. The van der Waals surface area contributed by atoms with Gasteiger partial charge in [0.15, 0.2) is 18.3 Å². The minimum atomic E-state index is 0.178. The van der Waals surface area contributed by atoms with Crippen LogP contribution in [0, 0.1) is 11.3 Å². The maximum absolute atomic E-state index is 9.04. The van der Waals surface area contributed by atoms with Crippen LogP contribution in [-0.4, -0.2) is 0 Å². The highest BCUT2D eigenvalue weighted by molar-refractivity contribution is 5.18. The SMILES string of the molecule is CC(c1ccccc1)[n+]1ccccc1C#N. The van der Waals surface area contributed by atoms with Gasteiger partial charge in [-0.15, -0.1) is 0 Å².